The van der Waals surface area contributed by atoms with Crippen molar-refractivity contribution in [2.45, 2.75) is 26.9 Å². The lowest BCUT2D eigenvalue weighted by atomic mass is 9.90. The second-order valence-corrected chi connectivity index (χ2v) is 5.61. The Bertz CT molecular complexity index is 543. The van der Waals surface area contributed by atoms with Crippen molar-refractivity contribution in [3.8, 4) is 0 Å². The number of hydrogen-bond acceptors (Lipinski definition) is 4. The van der Waals surface area contributed by atoms with Crippen LogP contribution in [-0.4, -0.2) is 24.6 Å². The number of hydrogen-bond donors (Lipinski definition) is 0. The highest BCUT2D eigenvalue weighted by atomic mass is 16.6. The lowest BCUT2D eigenvalue weighted by Crippen LogP contribution is -2.34. The van der Waals surface area contributed by atoms with Crippen LogP contribution in [0.5, 0.6) is 0 Å². The predicted molar refractivity (Wildman–Crippen MR) is 74.7 cm³/mol. The zero-order valence-electron chi connectivity index (χ0n) is 11.9. The van der Waals surface area contributed by atoms with E-state index in [1.54, 1.807) is 0 Å². The van der Waals surface area contributed by atoms with Crippen LogP contribution < -0.4 is 0 Å². The van der Waals surface area contributed by atoms with Gasteiger partial charge in [0.1, 0.15) is 6.61 Å². The number of rotatable bonds is 3. The molecule has 1 saturated heterocycles. The molecule has 0 N–H and O–H groups in total. The van der Waals surface area contributed by atoms with Crippen LogP contribution in [0.15, 0.2) is 36.4 Å². The van der Waals surface area contributed by atoms with Gasteiger partial charge in [-0.15, -0.1) is 0 Å². The normalized spacial score (nSPS) is 21.4. The predicted octanol–water partition coefficient (Wildman–Crippen LogP) is 2.58. The molecule has 20 heavy (non-hydrogen) atoms. The second kappa shape index (κ2) is 5.49. The van der Waals surface area contributed by atoms with E-state index < -0.39 is 23.5 Å². The van der Waals surface area contributed by atoms with E-state index >= 15 is 0 Å². The molecule has 0 amide bonds. The zero-order valence-corrected chi connectivity index (χ0v) is 11.9. The summed E-state index contributed by atoms with van der Waals surface area (Å²) in [5.74, 6) is -1.00. The number of esters is 2. The standard InChI is InChI=1S/C16H18O4/c1-11(12-7-5-4-6-8-12)9-13(17)20-14-15(18)19-10-16(14,2)3/h4-9,14H,10H2,1-3H3/b11-9+/t14-/m0/s1. The second-order valence-electron chi connectivity index (χ2n) is 5.61. The van der Waals surface area contributed by atoms with E-state index in [1.807, 2.05) is 51.1 Å². The van der Waals surface area contributed by atoms with Crippen LogP contribution in [0.2, 0.25) is 0 Å². The highest BCUT2D eigenvalue weighted by Crippen LogP contribution is 2.31. The SMILES string of the molecule is C/C(=C\C(=O)O[C@H]1C(=O)OCC1(C)C)c1ccccc1. The summed E-state index contributed by atoms with van der Waals surface area (Å²) in [5, 5.41) is 0. The number of ether oxygens (including phenoxy) is 2. The third kappa shape index (κ3) is 3.07. The number of carbonyl (C=O) groups is 2. The fraction of sp³-hybridized carbons (Fsp3) is 0.375. The molecule has 1 aromatic rings. The fourth-order valence-electron chi connectivity index (χ4n) is 2.05. The molecule has 0 unspecified atom stereocenters. The van der Waals surface area contributed by atoms with E-state index in [4.69, 9.17) is 9.47 Å². The van der Waals surface area contributed by atoms with Crippen LogP contribution in [0.3, 0.4) is 0 Å². The van der Waals surface area contributed by atoms with Gasteiger partial charge in [-0.3, -0.25) is 0 Å². The van der Waals surface area contributed by atoms with Crippen LogP contribution >= 0.6 is 0 Å². The average Bonchev–Trinajstić information content (AvgIpc) is 2.66. The van der Waals surface area contributed by atoms with Gasteiger partial charge in [0.05, 0.1) is 0 Å². The Balaban J connectivity index is 2.08. The maximum absolute atomic E-state index is 11.9. The van der Waals surface area contributed by atoms with Gasteiger partial charge in [0.25, 0.3) is 0 Å². The summed E-state index contributed by atoms with van der Waals surface area (Å²) in [6, 6.07) is 9.52. The molecule has 0 spiro atoms. The largest absolute Gasteiger partial charge is 0.462 e. The first-order valence-electron chi connectivity index (χ1n) is 6.51. The van der Waals surface area contributed by atoms with Gasteiger partial charge in [-0.1, -0.05) is 44.2 Å². The molecule has 1 atom stereocenters. The smallest absolute Gasteiger partial charge is 0.348 e. The molecule has 106 valence electrons. The van der Waals surface area contributed by atoms with Crippen molar-refractivity contribution >= 4 is 17.5 Å². The Kier molecular flexibility index (Phi) is 3.93. The van der Waals surface area contributed by atoms with Crippen molar-refractivity contribution in [1.82, 2.24) is 0 Å². The Morgan fingerprint density at radius 2 is 2.00 bits per heavy atom. The van der Waals surface area contributed by atoms with E-state index in [-0.39, 0.29) is 6.61 Å². The molecule has 1 heterocycles. The Morgan fingerprint density at radius 3 is 2.55 bits per heavy atom. The van der Waals surface area contributed by atoms with E-state index in [0.717, 1.165) is 11.1 Å². The van der Waals surface area contributed by atoms with Gasteiger partial charge in [0.15, 0.2) is 0 Å². The maximum Gasteiger partial charge on any atom is 0.348 e. The van der Waals surface area contributed by atoms with Gasteiger partial charge in [0, 0.05) is 11.5 Å². The summed E-state index contributed by atoms with van der Waals surface area (Å²) in [5.41, 5.74) is 1.25. The van der Waals surface area contributed by atoms with Crippen LogP contribution in [-0.2, 0) is 19.1 Å². The fourth-order valence-corrected chi connectivity index (χ4v) is 2.05. The molecular weight excluding hydrogens is 256 g/mol. The first-order chi connectivity index (χ1) is 9.40. The third-order valence-electron chi connectivity index (χ3n) is 3.31. The molecular formula is C16H18O4. The monoisotopic (exact) mass is 274 g/mol. The van der Waals surface area contributed by atoms with Crippen LogP contribution in [0.25, 0.3) is 5.57 Å². The van der Waals surface area contributed by atoms with Gasteiger partial charge in [-0.2, -0.15) is 0 Å². The summed E-state index contributed by atoms with van der Waals surface area (Å²) < 4.78 is 10.2. The number of benzene rings is 1. The minimum Gasteiger partial charge on any atom is -0.462 e. The third-order valence-corrected chi connectivity index (χ3v) is 3.31. The first kappa shape index (κ1) is 14.3. The molecule has 1 aromatic carbocycles. The summed E-state index contributed by atoms with van der Waals surface area (Å²) in [7, 11) is 0. The highest BCUT2D eigenvalue weighted by molar-refractivity contribution is 5.92. The van der Waals surface area contributed by atoms with Crippen LogP contribution in [0.1, 0.15) is 26.3 Å². The topological polar surface area (TPSA) is 52.6 Å². The quantitative estimate of drug-likeness (QED) is 0.628. The van der Waals surface area contributed by atoms with E-state index in [0.29, 0.717) is 0 Å². The molecule has 4 nitrogen and oxygen atoms in total. The lowest BCUT2D eigenvalue weighted by Gasteiger charge is -2.21. The molecule has 1 aliphatic heterocycles. The van der Waals surface area contributed by atoms with E-state index in [2.05, 4.69) is 0 Å². The van der Waals surface area contributed by atoms with Crippen LogP contribution in [0, 0.1) is 5.41 Å². The molecule has 0 aromatic heterocycles. The van der Waals surface area contributed by atoms with E-state index in [1.165, 1.54) is 6.08 Å². The van der Waals surface area contributed by atoms with Crippen molar-refractivity contribution in [3.63, 3.8) is 0 Å². The molecule has 0 saturated carbocycles. The Morgan fingerprint density at radius 1 is 1.35 bits per heavy atom. The lowest BCUT2D eigenvalue weighted by molar-refractivity contribution is -0.159. The molecule has 0 aliphatic carbocycles. The van der Waals surface area contributed by atoms with Crippen molar-refractivity contribution in [1.29, 1.82) is 0 Å². The van der Waals surface area contributed by atoms with Gasteiger partial charge < -0.3 is 9.47 Å². The summed E-state index contributed by atoms with van der Waals surface area (Å²) in [4.78, 5) is 23.5. The first-order valence-corrected chi connectivity index (χ1v) is 6.51. The maximum atomic E-state index is 11.9. The van der Waals surface area contributed by atoms with E-state index in [9.17, 15) is 9.59 Å². The molecule has 0 radical (unpaired) electrons. The van der Waals surface area contributed by atoms with Gasteiger partial charge in [-0.25, -0.2) is 9.59 Å². The Hall–Kier alpha value is -2.10. The van der Waals surface area contributed by atoms with Crippen molar-refractivity contribution in [3.05, 3.63) is 42.0 Å². The van der Waals surface area contributed by atoms with Crippen molar-refractivity contribution in [2.75, 3.05) is 6.61 Å². The number of carbonyl (C=O) groups excluding carboxylic acids is 2. The zero-order chi connectivity index (χ0) is 14.8. The molecule has 2 rings (SSSR count). The highest BCUT2D eigenvalue weighted by Gasteiger charge is 2.46. The van der Waals surface area contributed by atoms with Gasteiger partial charge >= 0.3 is 11.9 Å². The molecule has 1 aliphatic rings. The summed E-state index contributed by atoms with van der Waals surface area (Å²) >= 11 is 0. The molecule has 1 fully saturated rings. The molecule has 4 heteroatoms. The van der Waals surface area contributed by atoms with Crippen molar-refractivity contribution < 1.29 is 19.1 Å². The Labute approximate surface area is 118 Å². The number of allylic oxidation sites excluding steroid dienone is 1. The number of cyclic esters (lactones) is 1. The molecule has 0 bridgehead atoms. The van der Waals surface area contributed by atoms with Gasteiger partial charge in [-0.05, 0) is 18.1 Å². The van der Waals surface area contributed by atoms with Gasteiger partial charge in [0.2, 0.25) is 6.10 Å². The minimum atomic E-state index is -0.838. The average molecular weight is 274 g/mol. The summed E-state index contributed by atoms with van der Waals surface area (Å²) in [6.45, 7) is 5.77. The minimum absolute atomic E-state index is 0.269. The van der Waals surface area contributed by atoms with Crippen LogP contribution in [0.4, 0.5) is 0 Å². The van der Waals surface area contributed by atoms with Crippen molar-refractivity contribution in [2.24, 2.45) is 5.41 Å². The summed E-state index contributed by atoms with van der Waals surface area (Å²) in [6.07, 6.45) is 0.562.